The molecule has 0 radical (unpaired) electrons. The zero-order valence-electron chi connectivity index (χ0n) is 15.4. The summed E-state index contributed by atoms with van der Waals surface area (Å²) >= 11 is 6.17. The normalized spacial score (nSPS) is 11.1. The molecule has 0 amide bonds. The van der Waals surface area contributed by atoms with Gasteiger partial charge in [0.25, 0.3) is 0 Å². The number of Topliss-reactive ketones (excluding diaryl/α,β-unsaturated/α-hetero) is 1. The van der Waals surface area contributed by atoms with E-state index < -0.39 is 0 Å². The third kappa shape index (κ3) is 3.31. The Bertz CT molecular complexity index is 1350. The summed E-state index contributed by atoms with van der Waals surface area (Å²) in [5.41, 5.74) is 2.89. The SMILES string of the molecule is O=C(Cn1cnc2c(-n3ccc(-c4cccnc4)n3)nc(Cl)nc21)c1ccccn1. The molecule has 10 heteroatoms. The summed E-state index contributed by atoms with van der Waals surface area (Å²) in [4.78, 5) is 33.7. The third-order valence-corrected chi connectivity index (χ3v) is 4.62. The highest BCUT2D eigenvalue weighted by molar-refractivity contribution is 6.28. The van der Waals surface area contributed by atoms with Crippen molar-refractivity contribution < 1.29 is 4.79 Å². The van der Waals surface area contributed by atoms with Crippen LogP contribution in [0, 0.1) is 0 Å². The van der Waals surface area contributed by atoms with Gasteiger partial charge in [-0.25, -0.2) is 9.67 Å². The highest BCUT2D eigenvalue weighted by atomic mass is 35.5. The topological polar surface area (TPSA) is 104 Å². The number of ketones is 1. The van der Waals surface area contributed by atoms with Gasteiger partial charge in [0.05, 0.1) is 18.6 Å². The standard InChI is InChI=1S/C20H13ClN8O/c21-20-25-18-17(24-12-28(18)11-16(30)15-5-1-2-8-23-15)19(26-20)29-9-6-14(27-29)13-4-3-7-22-10-13/h1-10,12H,11H2. The van der Waals surface area contributed by atoms with E-state index >= 15 is 0 Å². The number of pyridine rings is 2. The molecule has 0 aliphatic rings. The third-order valence-electron chi connectivity index (χ3n) is 4.45. The molecule has 0 unspecified atom stereocenters. The molecule has 30 heavy (non-hydrogen) atoms. The highest BCUT2D eigenvalue weighted by Crippen LogP contribution is 2.22. The lowest BCUT2D eigenvalue weighted by molar-refractivity contribution is 0.0968. The molecule has 0 aliphatic carbocycles. The fourth-order valence-corrected chi connectivity index (χ4v) is 3.21. The summed E-state index contributed by atoms with van der Waals surface area (Å²) in [5.74, 6) is 0.258. The molecule has 5 aromatic rings. The van der Waals surface area contributed by atoms with Gasteiger partial charge in [0.1, 0.15) is 5.69 Å². The number of fused-ring (bicyclic) bond motifs is 1. The molecular formula is C20H13ClN8O. The van der Waals surface area contributed by atoms with Crippen molar-refractivity contribution in [3.8, 4) is 17.1 Å². The Balaban J connectivity index is 1.53. The molecular weight excluding hydrogens is 404 g/mol. The fraction of sp³-hybridized carbons (Fsp3) is 0.0500. The maximum Gasteiger partial charge on any atom is 0.226 e. The van der Waals surface area contributed by atoms with Crippen molar-refractivity contribution in [1.82, 2.24) is 39.3 Å². The van der Waals surface area contributed by atoms with Crippen LogP contribution < -0.4 is 0 Å². The predicted molar refractivity (Wildman–Crippen MR) is 109 cm³/mol. The van der Waals surface area contributed by atoms with Gasteiger partial charge in [-0.2, -0.15) is 15.1 Å². The first kappa shape index (κ1) is 18.1. The van der Waals surface area contributed by atoms with Crippen LogP contribution in [0.1, 0.15) is 10.5 Å². The van der Waals surface area contributed by atoms with Crippen molar-refractivity contribution in [2.24, 2.45) is 0 Å². The van der Waals surface area contributed by atoms with Crippen molar-refractivity contribution >= 4 is 28.5 Å². The average Bonchev–Trinajstić information content (AvgIpc) is 3.42. The lowest BCUT2D eigenvalue weighted by Gasteiger charge is -2.05. The minimum Gasteiger partial charge on any atom is -0.307 e. The van der Waals surface area contributed by atoms with Crippen LogP contribution in [0.2, 0.25) is 5.28 Å². The van der Waals surface area contributed by atoms with Gasteiger partial charge in [-0.15, -0.1) is 0 Å². The van der Waals surface area contributed by atoms with Gasteiger partial charge in [-0.1, -0.05) is 6.07 Å². The van der Waals surface area contributed by atoms with Gasteiger partial charge in [-0.05, 0) is 41.9 Å². The molecule has 5 heterocycles. The van der Waals surface area contributed by atoms with E-state index in [2.05, 4.69) is 30.0 Å². The number of nitrogens with zero attached hydrogens (tertiary/aromatic N) is 8. The Morgan fingerprint density at radius 1 is 1.03 bits per heavy atom. The van der Waals surface area contributed by atoms with E-state index in [-0.39, 0.29) is 17.6 Å². The van der Waals surface area contributed by atoms with Crippen LogP contribution in [-0.4, -0.2) is 45.1 Å². The van der Waals surface area contributed by atoms with Crippen LogP contribution >= 0.6 is 11.6 Å². The largest absolute Gasteiger partial charge is 0.307 e. The predicted octanol–water partition coefficient (Wildman–Crippen LogP) is 3.01. The molecule has 0 aromatic carbocycles. The molecule has 5 aromatic heterocycles. The molecule has 0 N–H and O–H groups in total. The zero-order chi connectivity index (χ0) is 20.5. The summed E-state index contributed by atoms with van der Waals surface area (Å²) in [5, 5.41) is 4.59. The maximum atomic E-state index is 12.5. The summed E-state index contributed by atoms with van der Waals surface area (Å²) in [6.07, 6.45) is 8.30. The second kappa shape index (κ2) is 7.45. The van der Waals surface area contributed by atoms with Crippen LogP contribution in [0.3, 0.4) is 0 Å². The van der Waals surface area contributed by atoms with Gasteiger partial charge in [0, 0.05) is 30.4 Å². The molecule has 0 fully saturated rings. The second-order valence-corrected chi connectivity index (χ2v) is 6.72. The van der Waals surface area contributed by atoms with Gasteiger partial charge >= 0.3 is 0 Å². The minimum absolute atomic E-state index is 0.0281. The number of carbonyl (C=O) groups is 1. The lowest BCUT2D eigenvalue weighted by atomic mass is 10.2. The number of hydrogen-bond acceptors (Lipinski definition) is 7. The summed E-state index contributed by atoms with van der Waals surface area (Å²) in [7, 11) is 0. The summed E-state index contributed by atoms with van der Waals surface area (Å²) in [6, 6.07) is 10.8. The van der Waals surface area contributed by atoms with Crippen LogP contribution in [0.15, 0.2) is 67.5 Å². The Morgan fingerprint density at radius 3 is 2.77 bits per heavy atom. The van der Waals surface area contributed by atoms with E-state index in [0.717, 1.165) is 11.3 Å². The fourth-order valence-electron chi connectivity index (χ4n) is 3.05. The number of carbonyl (C=O) groups excluding carboxylic acids is 1. The first-order chi connectivity index (χ1) is 14.7. The molecule has 0 saturated heterocycles. The molecule has 0 bridgehead atoms. The molecule has 9 nitrogen and oxygen atoms in total. The number of halogens is 1. The van der Waals surface area contributed by atoms with E-state index in [0.29, 0.717) is 22.7 Å². The first-order valence-corrected chi connectivity index (χ1v) is 9.36. The smallest absolute Gasteiger partial charge is 0.226 e. The van der Waals surface area contributed by atoms with Gasteiger partial charge in [0.2, 0.25) is 11.1 Å². The van der Waals surface area contributed by atoms with E-state index in [9.17, 15) is 4.79 Å². The number of aromatic nitrogens is 8. The quantitative estimate of drug-likeness (QED) is 0.320. The maximum absolute atomic E-state index is 12.5. The number of rotatable bonds is 5. The molecule has 146 valence electrons. The monoisotopic (exact) mass is 416 g/mol. The van der Waals surface area contributed by atoms with Crippen LogP contribution in [0.4, 0.5) is 0 Å². The Labute approximate surface area is 175 Å². The second-order valence-electron chi connectivity index (χ2n) is 6.39. The minimum atomic E-state index is -0.163. The first-order valence-electron chi connectivity index (χ1n) is 8.98. The molecule has 0 spiro atoms. The Hall–Kier alpha value is -3.98. The molecule has 5 rings (SSSR count). The lowest BCUT2D eigenvalue weighted by Crippen LogP contribution is -2.12. The van der Waals surface area contributed by atoms with Gasteiger partial charge < -0.3 is 4.57 Å². The number of imidazole rings is 1. The molecule has 0 saturated carbocycles. The van der Waals surface area contributed by atoms with Crippen molar-refractivity contribution in [1.29, 1.82) is 0 Å². The van der Waals surface area contributed by atoms with Crippen LogP contribution in [-0.2, 0) is 6.54 Å². The van der Waals surface area contributed by atoms with E-state index in [1.165, 1.54) is 6.33 Å². The summed E-state index contributed by atoms with van der Waals surface area (Å²) in [6.45, 7) is 0.0281. The van der Waals surface area contributed by atoms with E-state index in [4.69, 9.17) is 11.6 Å². The van der Waals surface area contributed by atoms with Crippen molar-refractivity contribution in [3.05, 3.63) is 78.5 Å². The Kier molecular flexibility index (Phi) is 4.49. The highest BCUT2D eigenvalue weighted by Gasteiger charge is 2.17. The average molecular weight is 417 g/mol. The van der Waals surface area contributed by atoms with E-state index in [1.807, 2.05) is 18.2 Å². The van der Waals surface area contributed by atoms with Crippen molar-refractivity contribution in [2.75, 3.05) is 0 Å². The van der Waals surface area contributed by atoms with Gasteiger partial charge in [-0.3, -0.25) is 14.8 Å². The van der Waals surface area contributed by atoms with Gasteiger partial charge in [0.15, 0.2) is 17.0 Å². The molecule has 0 aliphatic heterocycles. The molecule has 0 atom stereocenters. The zero-order valence-corrected chi connectivity index (χ0v) is 16.2. The van der Waals surface area contributed by atoms with Crippen molar-refractivity contribution in [3.63, 3.8) is 0 Å². The van der Waals surface area contributed by atoms with Crippen molar-refractivity contribution in [2.45, 2.75) is 6.54 Å². The van der Waals surface area contributed by atoms with Crippen LogP contribution in [0.5, 0.6) is 0 Å². The number of hydrogen-bond donors (Lipinski definition) is 0. The van der Waals surface area contributed by atoms with Crippen LogP contribution in [0.25, 0.3) is 28.2 Å². The Morgan fingerprint density at radius 2 is 1.97 bits per heavy atom. The summed E-state index contributed by atoms with van der Waals surface area (Å²) < 4.78 is 3.20. The van der Waals surface area contributed by atoms with E-state index in [1.54, 1.807) is 52.2 Å².